The average molecular weight is 323 g/mol. The second-order valence-corrected chi connectivity index (χ2v) is 5.57. The fourth-order valence-electron chi connectivity index (χ4n) is 2.78. The van der Waals surface area contributed by atoms with Crippen LogP contribution in [0, 0.1) is 0 Å². The quantitative estimate of drug-likeness (QED) is 0.756. The number of carbonyl (C=O) groups excluding carboxylic acids is 1. The third kappa shape index (κ3) is 3.15. The highest BCUT2D eigenvalue weighted by atomic mass is 16.5. The first kappa shape index (κ1) is 15.8. The normalized spacial score (nSPS) is 10.7. The summed E-state index contributed by atoms with van der Waals surface area (Å²) >= 11 is 0. The van der Waals surface area contributed by atoms with Crippen LogP contribution in [0.4, 0.5) is 0 Å². The lowest BCUT2D eigenvalue weighted by molar-refractivity contribution is -0.139. The molecule has 24 heavy (non-hydrogen) atoms. The van der Waals surface area contributed by atoms with Crippen LogP contribution in [0.25, 0.3) is 16.6 Å². The van der Waals surface area contributed by atoms with Crippen molar-refractivity contribution in [2.45, 2.75) is 13.3 Å². The van der Waals surface area contributed by atoms with Crippen LogP contribution >= 0.6 is 0 Å². The highest BCUT2D eigenvalue weighted by Crippen LogP contribution is 2.32. The van der Waals surface area contributed by atoms with Gasteiger partial charge in [-0.3, -0.25) is 4.79 Å². The number of ketones is 1. The molecule has 0 unspecified atom stereocenters. The van der Waals surface area contributed by atoms with Gasteiger partial charge in [0, 0.05) is 23.7 Å². The summed E-state index contributed by atoms with van der Waals surface area (Å²) in [6, 6.07) is 15.1. The summed E-state index contributed by atoms with van der Waals surface area (Å²) in [5, 5.41) is 9.77. The number of aliphatic carboxylic acids is 1. The first-order valence-corrected chi connectivity index (χ1v) is 7.58. The van der Waals surface area contributed by atoms with Crippen molar-refractivity contribution >= 4 is 22.7 Å². The number of nitrogens with zero attached hydrogens (tertiary/aromatic N) is 1. The maximum Gasteiger partial charge on any atom is 0.341 e. The SMILES string of the molecule is CC(=O)Cc1cn(-c2ccccc2)c2c(OCC(=O)O)cccc12. The maximum absolute atomic E-state index is 11.6. The number of para-hydroxylation sites is 2. The topological polar surface area (TPSA) is 68.5 Å². The van der Waals surface area contributed by atoms with Crippen LogP contribution in [0.2, 0.25) is 0 Å². The zero-order chi connectivity index (χ0) is 17.1. The van der Waals surface area contributed by atoms with Gasteiger partial charge in [0.2, 0.25) is 0 Å². The van der Waals surface area contributed by atoms with Crippen LogP contribution in [0.3, 0.4) is 0 Å². The second-order valence-electron chi connectivity index (χ2n) is 5.57. The third-order valence-corrected chi connectivity index (χ3v) is 3.70. The fraction of sp³-hybridized carbons (Fsp3) is 0.158. The second kappa shape index (κ2) is 6.58. The lowest BCUT2D eigenvalue weighted by Gasteiger charge is -2.10. The van der Waals surface area contributed by atoms with Crippen molar-refractivity contribution in [3.8, 4) is 11.4 Å². The predicted octanol–water partition coefficient (Wildman–Crippen LogP) is 3.23. The van der Waals surface area contributed by atoms with E-state index in [1.54, 1.807) is 19.1 Å². The highest BCUT2D eigenvalue weighted by molar-refractivity contribution is 5.94. The Morgan fingerprint density at radius 1 is 1.08 bits per heavy atom. The number of carboxylic acids is 1. The summed E-state index contributed by atoms with van der Waals surface area (Å²) in [6.07, 6.45) is 2.23. The van der Waals surface area contributed by atoms with E-state index in [0.29, 0.717) is 12.2 Å². The van der Waals surface area contributed by atoms with E-state index in [9.17, 15) is 9.59 Å². The Morgan fingerprint density at radius 3 is 2.50 bits per heavy atom. The molecule has 2 aromatic carbocycles. The van der Waals surface area contributed by atoms with E-state index >= 15 is 0 Å². The molecule has 0 saturated heterocycles. The molecule has 5 nitrogen and oxygen atoms in total. The summed E-state index contributed by atoms with van der Waals surface area (Å²) in [4.78, 5) is 22.4. The Kier molecular flexibility index (Phi) is 4.33. The van der Waals surface area contributed by atoms with Crippen molar-refractivity contribution in [2.75, 3.05) is 6.61 Å². The van der Waals surface area contributed by atoms with Gasteiger partial charge in [0.15, 0.2) is 6.61 Å². The van der Waals surface area contributed by atoms with E-state index in [2.05, 4.69) is 0 Å². The summed E-state index contributed by atoms with van der Waals surface area (Å²) in [6.45, 7) is 1.14. The summed E-state index contributed by atoms with van der Waals surface area (Å²) < 4.78 is 7.39. The van der Waals surface area contributed by atoms with Gasteiger partial charge in [0.1, 0.15) is 11.5 Å². The van der Waals surface area contributed by atoms with Gasteiger partial charge in [-0.1, -0.05) is 30.3 Å². The molecule has 5 heteroatoms. The molecule has 3 aromatic rings. The molecule has 0 spiro atoms. The minimum Gasteiger partial charge on any atom is -0.480 e. The van der Waals surface area contributed by atoms with E-state index in [1.807, 2.05) is 47.2 Å². The van der Waals surface area contributed by atoms with Crippen molar-refractivity contribution in [1.29, 1.82) is 0 Å². The number of aromatic nitrogens is 1. The molecular formula is C19H17NO4. The van der Waals surface area contributed by atoms with E-state index in [1.165, 1.54) is 0 Å². The van der Waals surface area contributed by atoms with Crippen LogP contribution in [0.1, 0.15) is 12.5 Å². The average Bonchev–Trinajstić information content (AvgIpc) is 2.92. The van der Waals surface area contributed by atoms with Gasteiger partial charge in [-0.15, -0.1) is 0 Å². The van der Waals surface area contributed by atoms with Crippen molar-refractivity contribution in [3.63, 3.8) is 0 Å². The molecule has 0 amide bonds. The van der Waals surface area contributed by atoms with E-state index in [0.717, 1.165) is 22.2 Å². The maximum atomic E-state index is 11.6. The standard InChI is InChI=1S/C19H17NO4/c1-13(21)10-14-11-20(15-6-3-2-4-7-15)19-16(14)8-5-9-17(19)24-12-18(22)23/h2-9,11H,10,12H2,1H3,(H,22,23). The van der Waals surface area contributed by atoms with Gasteiger partial charge < -0.3 is 14.4 Å². The lowest BCUT2D eigenvalue weighted by atomic mass is 10.1. The minimum atomic E-state index is -1.03. The largest absolute Gasteiger partial charge is 0.480 e. The minimum absolute atomic E-state index is 0.0685. The number of Topliss-reactive ketones (excluding diaryl/α,β-unsaturated/α-hetero) is 1. The van der Waals surface area contributed by atoms with Gasteiger partial charge in [0.05, 0.1) is 5.52 Å². The molecule has 0 fully saturated rings. The van der Waals surface area contributed by atoms with Crippen molar-refractivity contribution in [2.24, 2.45) is 0 Å². The Hall–Kier alpha value is -3.08. The van der Waals surface area contributed by atoms with Crippen LogP contribution in [0.5, 0.6) is 5.75 Å². The van der Waals surface area contributed by atoms with Crippen molar-refractivity contribution in [1.82, 2.24) is 4.57 Å². The van der Waals surface area contributed by atoms with Crippen LogP contribution in [0.15, 0.2) is 54.7 Å². The summed E-state index contributed by atoms with van der Waals surface area (Å²) in [5.74, 6) is -0.485. The van der Waals surface area contributed by atoms with Crippen LogP contribution in [-0.4, -0.2) is 28.0 Å². The van der Waals surface area contributed by atoms with Crippen molar-refractivity contribution < 1.29 is 19.4 Å². The molecule has 0 aliphatic heterocycles. The Balaban J connectivity index is 2.21. The number of carbonyl (C=O) groups is 2. The number of hydrogen-bond acceptors (Lipinski definition) is 3. The Bertz CT molecular complexity index is 896. The zero-order valence-corrected chi connectivity index (χ0v) is 13.2. The number of hydrogen-bond donors (Lipinski definition) is 1. The molecule has 0 aliphatic rings. The molecule has 0 saturated carbocycles. The van der Waals surface area contributed by atoms with Gasteiger partial charge in [-0.2, -0.15) is 0 Å². The first-order chi connectivity index (χ1) is 11.6. The van der Waals surface area contributed by atoms with Gasteiger partial charge in [-0.05, 0) is 30.7 Å². The molecule has 0 radical (unpaired) electrons. The van der Waals surface area contributed by atoms with Gasteiger partial charge in [0.25, 0.3) is 0 Å². The molecule has 1 heterocycles. The van der Waals surface area contributed by atoms with E-state index in [-0.39, 0.29) is 5.78 Å². The predicted molar refractivity (Wildman–Crippen MR) is 90.8 cm³/mol. The Labute approximate surface area is 139 Å². The van der Waals surface area contributed by atoms with Gasteiger partial charge >= 0.3 is 5.97 Å². The summed E-state index contributed by atoms with van der Waals surface area (Å²) in [7, 11) is 0. The molecular weight excluding hydrogens is 306 g/mol. The third-order valence-electron chi connectivity index (χ3n) is 3.70. The first-order valence-electron chi connectivity index (χ1n) is 7.58. The van der Waals surface area contributed by atoms with E-state index in [4.69, 9.17) is 9.84 Å². The monoisotopic (exact) mass is 323 g/mol. The number of rotatable bonds is 6. The highest BCUT2D eigenvalue weighted by Gasteiger charge is 2.16. The summed E-state index contributed by atoms with van der Waals surface area (Å²) in [5.41, 5.74) is 2.58. The molecule has 0 bridgehead atoms. The van der Waals surface area contributed by atoms with Crippen LogP contribution in [-0.2, 0) is 16.0 Å². The Morgan fingerprint density at radius 2 is 1.83 bits per heavy atom. The lowest BCUT2D eigenvalue weighted by Crippen LogP contribution is -2.10. The number of ether oxygens (including phenoxy) is 1. The van der Waals surface area contributed by atoms with E-state index < -0.39 is 12.6 Å². The molecule has 1 aromatic heterocycles. The smallest absolute Gasteiger partial charge is 0.341 e. The van der Waals surface area contributed by atoms with Crippen LogP contribution < -0.4 is 4.74 Å². The number of benzene rings is 2. The molecule has 0 aliphatic carbocycles. The zero-order valence-electron chi connectivity index (χ0n) is 13.2. The molecule has 122 valence electrons. The van der Waals surface area contributed by atoms with Crippen molar-refractivity contribution in [3.05, 3.63) is 60.3 Å². The fourth-order valence-corrected chi connectivity index (χ4v) is 2.78. The molecule has 3 rings (SSSR count). The number of carboxylic acid groups (broad SMARTS) is 1. The number of fused-ring (bicyclic) bond motifs is 1. The van der Waals surface area contributed by atoms with Gasteiger partial charge in [-0.25, -0.2) is 4.79 Å². The molecule has 1 N–H and O–H groups in total. The molecule has 0 atom stereocenters.